The number of hydrogen-bond donors (Lipinski definition) is 0. The second-order valence-corrected chi connectivity index (χ2v) is 5.92. The van der Waals surface area contributed by atoms with Crippen molar-refractivity contribution in [2.24, 2.45) is 0 Å². The quantitative estimate of drug-likeness (QED) is 0.358. The van der Waals surface area contributed by atoms with Gasteiger partial charge in [-0.3, -0.25) is 9.80 Å². The average Bonchev–Trinajstić information content (AvgIpc) is 2.88. The van der Waals surface area contributed by atoms with Gasteiger partial charge in [-0.2, -0.15) is 0 Å². The molecule has 0 amide bonds. The Balaban J connectivity index is 0.000000902. The van der Waals surface area contributed by atoms with Gasteiger partial charge in [-0.15, -0.1) is 0 Å². The number of rotatable bonds is 1. The summed E-state index contributed by atoms with van der Waals surface area (Å²) < 4.78 is 1.39. The third-order valence-corrected chi connectivity index (χ3v) is 5.59. The van der Waals surface area contributed by atoms with Crippen LogP contribution in [0.4, 0.5) is 0 Å². The monoisotopic (exact) mass is 350 g/mol. The van der Waals surface area contributed by atoms with Crippen molar-refractivity contribution < 1.29 is 28.5 Å². The van der Waals surface area contributed by atoms with E-state index in [-0.39, 0.29) is 24.0 Å². The normalized spacial score (nSPS) is 45.7. The van der Waals surface area contributed by atoms with E-state index in [2.05, 4.69) is 21.6 Å². The maximum Gasteiger partial charge on any atom is 0.175 e. The molecule has 0 aromatic carbocycles. The lowest BCUT2D eigenvalue weighted by Crippen LogP contribution is -3.00. The van der Waals surface area contributed by atoms with Crippen molar-refractivity contribution in [1.82, 2.24) is 14.7 Å². The molecule has 3 unspecified atom stereocenters. The molecule has 98 valence electrons. The van der Waals surface area contributed by atoms with Crippen LogP contribution in [0, 0.1) is 0 Å². The SMILES string of the molecule is CC[N+]12CCN3CCN4CCN(CC1)C2C43.[I-]. The maximum atomic E-state index is 2.78. The highest BCUT2D eigenvalue weighted by molar-refractivity contribution is 4.97. The van der Waals surface area contributed by atoms with Gasteiger partial charge < -0.3 is 28.5 Å². The van der Waals surface area contributed by atoms with Crippen molar-refractivity contribution in [2.75, 3.05) is 58.9 Å². The van der Waals surface area contributed by atoms with Crippen molar-refractivity contribution in [3.63, 3.8) is 0 Å². The summed E-state index contributed by atoms with van der Waals surface area (Å²) in [5.41, 5.74) is 0. The molecule has 0 bridgehead atoms. The Kier molecular flexibility index (Phi) is 3.18. The molecule has 0 aromatic rings. The first-order valence-corrected chi connectivity index (χ1v) is 6.92. The third kappa shape index (κ3) is 1.55. The summed E-state index contributed by atoms with van der Waals surface area (Å²) in [6.07, 6.45) is 1.56. The molecule has 4 heterocycles. The first-order chi connectivity index (χ1) is 7.84. The number of piperazine rings is 2. The fourth-order valence-corrected chi connectivity index (χ4v) is 4.60. The Morgan fingerprint density at radius 3 is 2.06 bits per heavy atom. The molecule has 0 saturated carbocycles. The van der Waals surface area contributed by atoms with Crippen molar-refractivity contribution >= 4 is 0 Å². The minimum Gasteiger partial charge on any atom is -1.00 e. The molecular weight excluding hydrogens is 327 g/mol. The van der Waals surface area contributed by atoms with Gasteiger partial charge in [0, 0.05) is 32.7 Å². The Morgan fingerprint density at radius 1 is 0.882 bits per heavy atom. The minimum atomic E-state index is 0. The Hall–Kier alpha value is 0.570. The molecule has 4 aliphatic rings. The van der Waals surface area contributed by atoms with Crippen LogP contribution in [0.2, 0.25) is 0 Å². The van der Waals surface area contributed by atoms with Crippen LogP contribution in [0.3, 0.4) is 0 Å². The van der Waals surface area contributed by atoms with Crippen molar-refractivity contribution in [3.05, 3.63) is 0 Å². The predicted octanol–water partition coefficient (Wildman–Crippen LogP) is -3.56. The number of halogens is 1. The van der Waals surface area contributed by atoms with Gasteiger partial charge in [0.05, 0.1) is 26.2 Å². The molecule has 0 aliphatic carbocycles. The van der Waals surface area contributed by atoms with Gasteiger partial charge in [0.25, 0.3) is 0 Å². The van der Waals surface area contributed by atoms with Crippen LogP contribution in [-0.4, -0.2) is 90.4 Å². The van der Waals surface area contributed by atoms with E-state index in [1.54, 1.807) is 0 Å². The zero-order valence-corrected chi connectivity index (χ0v) is 12.8. The number of likely N-dealkylation sites (N-methyl/N-ethyl adjacent to an activating group) is 1. The molecular formula is C12H23IN4. The lowest BCUT2D eigenvalue weighted by Gasteiger charge is -2.53. The van der Waals surface area contributed by atoms with E-state index in [1.807, 2.05) is 0 Å². The average molecular weight is 350 g/mol. The van der Waals surface area contributed by atoms with E-state index in [9.17, 15) is 0 Å². The van der Waals surface area contributed by atoms with Crippen LogP contribution < -0.4 is 24.0 Å². The zero-order valence-electron chi connectivity index (χ0n) is 10.7. The third-order valence-electron chi connectivity index (χ3n) is 5.59. The van der Waals surface area contributed by atoms with E-state index in [0.717, 1.165) is 12.3 Å². The molecule has 4 nitrogen and oxygen atoms in total. The summed E-state index contributed by atoms with van der Waals surface area (Å²) in [6.45, 7) is 14.5. The number of nitrogens with zero attached hydrogens (tertiary/aromatic N) is 4. The second-order valence-electron chi connectivity index (χ2n) is 5.92. The zero-order chi connectivity index (χ0) is 10.8. The molecule has 4 saturated heterocycles. The molecule has 4 rings (SSSR count). The summed E-state index contributed by atoms with van der Waals surface area (Å²) >= 11 is 0. The van der Waals surface area contributed by atoms with Gasteiger partial charge >= 0.3 is 0 Å². The molecule has 0 N–H and O–H groups in total. The number of hydrogen-bond acceptors (Lipinski definition) is 3. The molecule has 5 heteroatoms. The summed E-state index contributed by atoms with van der Waals surface area (Å²) in [6, 6.07) is 0. The van der Waals surface area contributed by atoms with E-state index in [0.29, 0.717) is 0 Å². The molecule has 4 aliphatic heterocycles. The van der Waals surface area contributed by atoms with E-state index in [4.69, 9.17) is 0 Å². The second kappa shape index (κ2) is 4.30. The Bertz CT molecular complexity index is 305. The summed E-state index contributed by atoms with van der Waals surface area (Å²) in [5.74, 6) is 0. The molecule has 0 spiro atoms. The van der Waals surface area contributed by atoms with Crippen molar-refractivity contribution in [3.8, 4) is 0 Å². The van der Waals surface area contributed by atoms with Gasteiger partial charge in [-0.1, -0.05) is 0 Å². The van der Waals surface area contributed by atoms with Crippen LogP contribution in [0.15, 0.2) is 0 Å². The van der Waals surface area contributed by atoms with Crippen LogP contribution in [0.1, 0.15) is 6.92 Å². The summed E-state index contributed by atoms with van der Waals surface area (Å²) in [7, 11) is 0. The maximum absolute atomic E-state index is 2.78. The Morgan fingerprint density at radius 2 is 1.41 bits per heavy atom. The van der Waals surface area contributed by atoms with Crippen molar-refractivity contribution in [1.29, 1.82) is 0 Å². The standard InChI is InChI=1S/C12H23N4.HI/c1-2-16-9-7-14-4-3-13-5-6-15(8-10-16)12(16)11(13)14;/h11-12H,2-10H2,1H3;1H/q+1;/p-1. The smallest absolute Gasteiger partial charge is 0.175 e. The minimum absolute atomic E-state index is 0. The summed E-state index contributed by atoms with van der Waals surface area (Å²) in [4.78, 5) is 8.27. The van der Waals surface area contributed by atoms with Gasteiger partial charge in [0.2, 0.25) is 0 Å². The summed E-state index contributed by atoms with van der Waals surface area (Å²) in [5, 5.41) is 0. The van der Waals surface area contributed by atoms with Gasteiger partial charge in [-0.05, 0) is 6.92 Å². The molecule has 0 radical (unpaired) electrons. The topological polar surface area (TPSA) is 9.72 Å². The Labute approximate surface area is 121 Å². The van der Waals surface area contributed by atoms with Gasteiger partial charge in [-0.25, -0.2) is 4.90 Å². The fraction of sp³-hybridized carbons (Fsp3) is 1.00. The number of quaternary nitrogens is 1. The highest BCUT2D eigenvalue weighted by Gasteiger charge is 2.59. The molecule has 0 aromatic heterocycles. The lowest BCUT2D eigenvalue weighted by molar-refractivity contribution is -0.952. The van der Waals surface area contributed by atoms with Crippen LogP contribution in [-0.2, 0) is 0 Å². The molecule has 3 atom stereocenters. The first kappa shape index (κ1) is 12.6. The highest BCUT2D eigenvalue weighted by Crippen LogP contribution is 2.38. The first-order valence-electron chi connectivity index (χ1n) is 6.92. The molecule has 4 fully saturated rings. The van der Waals surface area contributed by atoms with Crippen molar-refractivity contribution in [2.45, 2.75) is 19.3 Å². The van der Waals surface area contributed by atoms with Gasteiger partial charge in [0.15, 0.2) is 6.17 Å². The van der Waals surface area contributed by atoms with Crippen LogP contribution >= 0.6 is 0 Å². The van der Waals surface area contributed by atoms with E-state index in [1.165, 1.54) is 63.4 Å². The largest absolute Gasteiger partial charge is 1.00 e. The lowest BCUT2D eigenvalue weighted by atomic mass is 10.1. The highest BCUT2D eigenvalue weighted by atomic mass is 127. The van der Waals surface area contributed by atoms with Crippen LogP contribution in [0.25, 0.3) is 0 Å². The van der Waals surface area contributed by atoms with E-state index < -0.39 is 0 Å². The molecule has 17 heavy (non-hydrogen) atoms. The van der Waals surface area contributed by atoms with E-state index >= 15 is 0 Å². The predicted molar refractivity (Wildman–Crippen MR) is 62.8 cm³/mol. The van der Waals surface area contributed by atoms with Crippen LogP contribution in [0.5, 0.6) is 0 Å². The van der Waals surface area contributed by atoms with Gasteiger partial charge in [0.1, 0.15) is 6.17 Å². The fourth-order valence-electron chi connectivity index (χ4n) is 4.60.